The second-order valence-electron chi connectivity index (χ2n) is 5.66. The van der Waals surface area contributed by atoms with Crippen LogP contribution in [0.15, 0.2) is 0 Å². The van der Waals surface area contributed by atoms with Gasteiger partial charge in [0.05, 0.1) is 6.10 Å². The highest BCUT2D eigenvalue weighted by molar-refractivity contribution is 5.67. The number of hydrogen-bond acceptors (Lipinski definition) is 3. The number of hydrogen-bond donors (Lipinski definition) is 1. The Morgan fingerprint density at radius 1 is 1.33 bits per heavy atom. The summed E-state index contributed by atoms with van der Waals surface area (Å²) in [5, 5.41) is 8.82. The SMILES string of the molecule is CCC1CC(N2CCC(CC(=O)O)CC2)CCO1. The van der Waals surface area contributed by atoms with Crippen LogP contribution >= 0.6 is 0 Å². The second kappa shape index (κ2) is 6.53. The van der Waals surface area contributed by atoms with Crippen molar-refractivity contribution in [1.82, 2.24) is 4.90 Å². The van der Waals surface area contributed by atoms with E-state index in [-0.39, 0.29) is 0 Å². The quantitative estimate of drug-likeness (QED) is 0.836. The Kier molecular flexibility index (Phi) is 5.01. The molecule has 4 nitrogen and oxygen atoms in total. The number of carboxylic acid groups (broad SMARTS) is 1. The molecule has 2 saturated heterocycles. The van der Waals surface area contributed by atoms with Gasteiger partial charge in [0.15, 0.2) is 0 Å². The Hall–Kier alpha value is -0.610. The zero-order valence-electron chi connectivity index (χ0n) is 11.3. The Labute approximate surface area is 109 Å². The summed E-state index contributed by atoms with van der Waals surface area (Å²) in [4.78, 5) is 13.3. The van der Waals surface area contributed by atoms with Crippen molar-refractivity contribution < 1.29 is 14.6 Å². The first-order valence-corrected chi connectivity index (χ1v) is 7.26. The zero-order valence-corrected chi connectivity index (χ0v) is 11.3. The third kappa shape index (κ3) is 3.69. The minimum atomic E-state index is -0.648. The normalized spacial score (nSPS) is 31.4. The maximum atomic E-state index is 10.7. The van der Waals surface area contributed by atoms with E-state index in [0.717, 1.165) is 51.8 Å². The summed E-state index contributed by atoms with van der Waals surface area (Å²) in [5.74, 6) is -0.258. The van der Waals surface area contributed by atoms with Crippen molar-refractivity contribution in [3.63, 3.8) is 0 Å². The van der Waals surface area contributed by atoms with Crippen molar-refractivity contribution in [2.75, 3.05) is 19.7 Å². The molecule has 0 saturated carbocycles. The summed E-state index contributed by atoms with van der Waals surface area (Å²) >= 11 is 0. The Bertz CT molecular complexity index is 274. The predicted octanol–water partition coefficient (Wildman–Crippen LogP) is 2.13. The van der Waals surface area contributed by atoms with Crippen molar-refractivity contribution in [2.24, 2.45) is 5.92 Å². The van der Waals surface area contributed by atoms with Gasteiger partial charge in [-0.2, -0.15) is 0 Å². The Morgan fingerprint density at radius 3 is 2.67 bits per heavy atom. The van der Waals surface area contributed by atoms with Gasteiger partial charge in [-0.25, -0.2) is 0 Å². The summed E-state index contributed by atoms with van der Waals surface area (Å²) in [7, 11) is 0. The van der Waals surface area contributed by atoms with Crippen molar-refractivity contribution in [2.45, 2.75) is 57.6 Å². The van der Waals surface area contributed by atoms with Crippen LogP contribution in [0.5, 0.6) is 0 Å². The summed E-state index contributed by atoms with van der Waals surface area (Å²) in [6.45, 7) is 5.21. The van der Waals surface area contributed by atoms with Crippen molar-refractivity contribution in [1.29, 1.82) is 0 Å². The summed E-state index contributed by atoms with van der Waals surface area (Å²) in [5.41, 5.74) is 0. The highest BCUT2D eigenvalue weighted by Gasteiger charge is 2.29. The van der Waals surface area contributed by atoms with E-state index in [1.807, 2.05) is 0 Å². The molecule has 0 aromatic carbocycles. The van der Waals surface area contributed by atoms with E-state index in [2.05, 4.69) is 11.8 Å². The van der Waals surface area contributed by atoms with Crippen LogP contribution in [0.25, 0.3) is 0 Å². The van der Waals surface area contributed by atoms with Crippen LogP contribution in [0, 0.1) is 5.92 Å². The topological polar surface area (TPSA) is 49.8 Å². The minimum Gasteiger partial charge on any atom is -0.481 e. The molecular weight excluding hydrogens is 230 g/mol. The van der Waals surface area contributed by atoms with Gasteiger partial charge in [0.25, 0.3) is 0 Å². The molecule has 0 bridgehead atoms. The molecule has 0 amide bonds. The number of rotatable bonds is 4. The maximum Gasteiger partial charge on any atom is 0.303 e. The standard InChI is InChI=1S/C14H25NO3/c1-2-13-10-12(5-8-18-13)15-6-3-11(4-7-15)9-14(16)17/h11-13H,2-10H2,1H3,(H,16,17). The van der Waals surface area contributed by atoms with Gasteiger partial charge in [-0.15, -0.1) is 0 Å². The molecular formula is C14H25NO3. The summed E-state index contributed by atoms with van der Waals surface area (Å²) in [6, 6.07) is 0.662. The molecule has 0 aromatic heterocycles. The molecule has 2 atom stereocenters. The molecule has 2 unspecified atom stereocenters. The van der Waals surface area contributed by atoms with E-state index in [1.54, 1.807) is 0 Å². The highest BCUT2D eigenvalue weighted by atomic mass is 16.5. The number of ether oxygens (including phenoxy) is 1. The van der Waals surface area contributed by atoms with Crippen LogP contribution in [0.2, 0.25) is 0 Å². The average Bonchev–Trinajstić information content (AvgIpc) is 2.39. The number of carbonyl (C=O) groups is 1. The number of nitrogens with zero attached hydrogens (tertiary/aromatic N) is 1. The first-order valence-electron chi connectivity index (χ1n) is 7.26. The third-order valence-corrected chi connectivity index (χ3v) is 4.42. The molecule has 2 heterocycles. The predicted molar refractivity (Wildman–Crippen MR) is 69.6 cm³/mol. The van der Waals surface area contributed by atoms with E-state index in [0.29, 0.717) is 24.5 Å². The van der Waals surface area contributed by atoms with Crippen LogP contribution in [0.4, 0.5) is 0 Å². The van der Waals surface area contributed by atoms with Gasteiger partial charge in [0.1, 0.15) is 0 Å². The highest BCUT2D eigenvalue weighted by Crippen LogP contribution is 2.27. The van der Waals surface area contributed by atoms with Crippen LogP contribution in [-0.4, -0.2) is 47.8 Å². The molecule has 0 aliphatic carbocycles. The smallest absolute Gasteiger partial charge is 0.303 e. The number of carboxylic acids is 1. The Balaban J connectivity index is 1.76. The first kappa shape index (κ1) is 13.8. The van der Waals surface area contributed by atoms with Crippen molar-refractivity contribution >= 4 is 5.97 Å². The van der Waals surface area contributed by atoms with Gasteiger partial charge in [-0.05, 0) is 51.1 Å². The van der Waals surface area contributed by atoms with Gasteiger partial charge in [-0.3, -0.25) is 4.79 Å². The fraction of sp³-hybridized carbons (Fsp3) is 0.929. The third-order valence-electron chi connectivity index (χ3n) is 4.42. The molecule has 2 fully saturated rings. The van der Waals surface area contributed by atoms with Crippen molar-refractivity contribution in [3.8, 4) is 0 Å². The molecule has 2 aliphatic heterocycles. The van der Waals surface area contributed by atoms with Gasteiger partial charge in [0.2, 0.25) is 0 Å². The fourth-order valence-corrected chi connectivity index (χ4v) is 3.25. The average molecular weight is 255 g/mol. The molecule has 0 radical (unpaired) electrons. The van der Waals surface area contributed by atoms with E-state index in [9.17, 15) is 4.79 Å². The monoisotopic (exact) mass is 255 g/mol. The number of likely N-dealkylation sites (tertiary alicyclic amines) is 1. The van der Waals surface area contributed by atoms with Gasteiger partial charge >= 0.3 is 5.97 Å². The first-order chi connectivity index (χ1) is 8.69. The largest absolute Gasteiger partial charge is 0.481 e. The molecule has 4 heteroatoms. The number of aliphatic carboxylic acids is 1. The Morgan fingerprint density at radius 2 is 2.06 bits per heavy atom. The fourth-order valence-electron chi connectivity index (χ4n) is 3.25. The van der Waals surface area contributed by atoms with Crippen LogP contribution < -0.4 is 0 Å². The lowest BCUT2D eigenvalue weighted by molar-refractivity contribution is -0.138. The zero-order chi connectivity index (χ0) is 13.0. The lowest BCUT2D eigenvalue weighted by atomic mass is 9.91. The second-order valence-corrected chi connectivity index (χ2v) is 5.66. The minimum absolute atomic E-state index is 0.346. The summed E-state index contributed by atoms with van der Waals surface area (Å²) in [6.07, 6.45) is 6.26. The molecule has 0 spiro atoms. The van der Waals surface area contributed by atoms with E-state index in [4.69, 9.17) is 9.84 Å². The lowest BCUT2D eigenvalue weighted by Gasteiger charge is -2.41. The molecule has 0 aromatic rings. The van der Waals surface area contributed by atoms with E-state index in [1.165, 1.54) is 0 Å². The summed E-state index contributed by atoms with van der Waals surface area (Å²) < 4.78 is 5.72. The van der Waals surface area contributed by atoms with Gasteiger partial charge < -0.3 is 14.7 Å². The molecule has 18 heavy (non-hydrogen) atoms. The molecule has 2 rings (SSSR count). The molecule has 1 N–H and O–H groups in total. The van der Waals surface area contributed by atoms with Crippen LogP contribution in [0.3, 0.4) is 0 Å². The number of piperidine rings is 1. The van der Waals surface area contributed by atoms with Gasteiger partial charge in [0, 0.05) is 19.1 Å². The van der Waals surface area contributed by atoms with Gasteiger partial charge in [-0.1, -0.05) is 6.92 Å². The van der Waals surface area contributed by atoms with Crippen LogP contribution in [-0.2, 0) is 9.53 Å². The van der Waals surface area contributed by atoms with Crippen molar-refractivity contribution in [3.05, 3.63) is 0 Å². The molecule has 2 aliphatic rings. The lowest BCUT2D eigenvalue weighted by Crippen LogP contribution is -2.46. The van der Waals surface area contributed by atoms with Crippen LogP contribution in [0.1, 0.15) is 45.4 Å². The maximum absolute atomic E-state index is 10.7. The van der Waals surface area contributed by atoms with E-state index < -0.39 is 5.97 Å². The van der Waals surface area contributed by atoms with E-state index >= 15 is 0 Å². The molecule has 104 valence electrons.